The van der Waals surface area contributed by atoms with Crippen molar-refractivity contribution < 1.29 is 19.1 Å². The quantitative estimate of drug-likeness (QED) is 0.810. The van der Waals surface area contributed by atoms with Gasteiger partial charge in [-0.15, -0.1) is 0 Å². The summed E-state index contributed by atoms with van der Waals surface area (Å²) in [6.07, 6.45) is 3.93. The second-order valence-electron chi connectivity index (χ2n) is 5.27. The van der Waals surface area contributed by atoms with Gasteiger partial charge in [0.15, 0.2) is 18.1 Å². The zero-order valence-corrected chi connectivity index (χ0v) is 12.4. The van der Waals surface area contributed by atoms with Gasteiger partial charge < -0.3 is 14.8 Å². The Hall–Kier alpha value is -2.55. The van der Waals surface area contributed by atoms with Gasteiger partial charge in [0.05, 0.1) is 13.2 Å². The van der Waals surface area contributed by atoms with Crippen molar-refractivity contribution in [3.63, 3.8) is 0 Å². The first-order valence-corrected chi connectivity index (χ1v) is 7.11. The Labute approximate surface area is 129 Å². The Morgan fingerprint density at radius 2 is 2.14 bits per heavy atom. The molecular weight excluding hydrogens is 284 g/mol. The van der Waals surface area contributed by atoms with E-state index in [4.69, 9.17) is 9.47 Å². The number of hydrogen-bond donors (Lipinski definition) is 1. The van der Waals surface area contributed by atoms with Crippen molar-refractivity contribution in [1.82, 2.24) is 5.32 Å². The minimum absolute atomic E-state index is 0.208. The molecule has 22 heavy (non-hydrogen) atoms. The van der Waals surface area contributed by atoms with Gasteiger partial charge in [-0.1, -0.05) is 0 Å². The number of rotatable bonds is 6. The molecule has 0 radical (unpaired) electrons. The minimum Gasteiger partial charge on any atom is -0.493 e. The van der Waals surface area contributed by atoms with Gasteiger partial charge in [-0.05, 0) is 43.9 Å². The number of carbonyl (C=O) groups excluding carboxylic acids is 2. The second-order valence-corrected chi connectivity index (χ2v) is 5.27. The van der Waals surface area contributed by atoms with Crippen LogP contribution in [0.25, 0.3) is 0 Å². The van der Waals surface area contributed by atoms with Crippen LogP contribution in [0.2, 0.25) is 0 Å². The number of benzene rings is 1. The molecule has 1 amide bonds. The summed E-state index contributed by atoms with van der Waals surface area (Å²) in [5.41, 5.74) is -0.297. The van der Waals surface area contributed by atoms with E-state index < -0.39 is 5.54 Å². The van der Waals surface area contributed by atoms with E-state index >= 15 is 0 Å². The molecule has 0 heterocycles. The van der Waals surface area contributed by atoms with Gasteiger partial charge in [0.25, 0.3) is 5.91 Å². The summed E-state index contributed by atoms with van der Waals surface area (Å²) in [6.45, 7) is -0.208. The van der Waals surface area contributed by atoms with Gasteiger partial charge in [0, 0.05) is 5.56 Å². The predicted molar refractivity (Wildman–Crippen MR) is 78.8 cm³/mol. The molecule has 1 N–H and O–H groups in total. The second kappa shape index (κ2) is 6.94. The molecule has 0 bridgehead atoms. The fraction of sp³-hybridized carbons (Fsp3) is 0.438. The lowest BCUT2D eigenvalue weighted by Gasteiger charge is -2.22. The number of methoxy groups -OCH3 is 1. The van der Waals surface area contributed by atoms with Crippen molar-refractivity contribution >= 4 is 12.2 Å². The number of carbonyl (C=O) groups is 2. The Balaban J connectivity index is 1.96. The van der Waals surface area contributed by atoms with Crippen molar-refractivity contribution in [2.45, 2.75) is 31.2 Å². The monoisotopic (exact) mass is 302 g/mol. The van der Waals surface area contributed by atoms with Crippen LogP contribution in [0.4, 0.5) is 0 Å². The van der Waals surface area contributed by atoms with E-state index in [2.05, 4.69) is 11.4 Å². The lowest BCUT2D eigenvalue weighted by Crippen LogP contribution is -2.47. The van der Waals surface area contributed by atoms with Crippen molar-refractivity contribution in [2.24, 2.45) is 0 Å². The number of nitrogens with zero attached hydrogens (tertiary/aromatic N) is 1. The fourth-order valence-electron chi connectivity index (χ4n) is 2.57. The minimum atomic E-state index is -0.758. The van der Waals surface area contributed by atoms with Gasteiger partial charge in [-0.25, -0.2) is 0 Å². The van der Waals surface area contributed by atoms with Crippen LogP contribution in [0, 0.1) is 11.3 Å². The van der Waals surface area contributed by atoms with Crippen LogP contribution in [0.3, 0.4) is 0 Å². The third-order valence-electron chi connectivity index (χ3n) is 3.73. The number of nitrogens with one attached hydrogen (secondary N) is 1. The van der Waals surface area contributed by atoms with E-state index in [-0.39, 0.29) is 12.5 Å². The number of nitriles is 1. The molecule has 6 heteroatoms. The van der Waals surface area contributed by atoms with Crippen LogP contribution >= 0.6 is 0 Å². The highest BCUT2D eigenvalue weighted by molar-refractivity contribution is 5.79. The normalized spacial score (nSPS) is 15.6. The smallest absolute Gasteiger partial charge is 0.259 e. The highest BCUT2D eigenvalue weighted by atomic mass is 16.5. The molecule has 2 rings (SSSR count). The van der Waals surface area contributed by atoms with Crippen molar-refractivity contribution in [1.29, 1.82) is 5.26 Å². The molecule has 0 aromatic heterocycles. The predicted octanol–water partition coefficient (Wildman–Crippen LogP) is 1.84. The Bertz CT molecular complexity index is 601. The van der Waals surface area contributed by atoms with E-state index in [1.165, 1.54) is 13.2 Å². The standard InChI is InChI=1S/C16H18N2O4/c1-21-14-8-12(9-19)4-5-13(14)22-10-15(20)18-16(11-17)6-2-3-7-16/h4-5,8-9H,2-3,6-7,10H2,1H3,(H,18,20). The number of ether oxygens (including phenoxy) is 2. The van der Waals surface area contributed by atoms with E-state index in [1.54, 1.807) is 12.1 Å². The molecule has 6 nitrogen and oxygen atoms in total. The van der Waals surface area contributed by atoms with Gasteiger partial charge in [0.2, 0.25) is 0 Å². The highest BCUT2D eigenvalue weighted by Gasteiger charge is 2.35. The molecule has 1 saturated carbocycles. The average molecular weight is 302 g/mol. The molecule has 0 aliphatic heterocycles. The summed E-state index contributed by atoms with van der Waals surface area (Å²) >= 11 is 0. The fourth-order valence-corrected chi connectivity index (χ4v) is 2.57. The third kappa shape index (κ3) is 3.55. The Morgan fingerprint density at radius 3 is 2.73 bits per heavy atom. The molecule has 1 aromatic carbocycles. The van der Waals surface area contributed by atoms with E-state index in [1.807, 2.05) is 0 Å². The molecule has 0 atom stereocenters. The van der Waals surface area contributed by atoms with E-state index in [0.29, 0.717) is 36.2 Å². The van der Waals surface area contributed by atoms with Crippen LogP contribution in [-0.4, -0.2) is 31.4 Å². The summed E-state index contributed by atoms with van der Waals surface area (Å²) in [5, 5.41) is 12.0. The molecule has 0 spiro atoms. The van der Waals surface area contributed by atoms with Crippen LogP contribution in [-0.2, 0) is 4.79 Å². The lowest BCUT2D eigenvalue weighted by molar-refractivity contribution is -0.124. The maximum atomic E-state index is 12.0. The molecule has 0 unspecified atom stereocenters. The van der Waals surface area contributed by atoms with Gasteiger partial charge in [0.1, 0.15) is 11.8 Å². The summed E-state index contributed by atoms with van der Waals surface area (Å²) in [4.78, 5) is 22.7. The maximum Gasteiger partial charge on any atom is 0.259 e. The number of hydrogen-bond acceptors (Lipinski definition) is 5. The lowest BCUT2D eigenvalue weighted by atomic mass is 10.00. The van der Waals surface area contributed by atoms with Crippen molar-refractivity contribution in [2.75, 3.05) is 13.7 Å². The Morgan fingerprint density at radius 1 is 1.41 bits per heavy atom. The molecule has 1 aliphatic rings. The Kier molecular flexibility index (Phi) is 4.99. The van der Waals surface area contributed by atoms with Crippen LogP contribution in [0.15, 0.2) is 18.2 Å². The number of aldehydes is 1. The van der Waals surface area contributed by atoms with E-state index in [0.717, 1.165) is 12.8 Å². The highest BCUT2D eigenvalue weighted by Crippen LogP contribution is 2.29. The van der Waals surface area contributed by atoms with Crippen molar-refractivity contribution in [3.8, 4) is 17.6 Å². The zero-order valence-electron chi connectivity index (χ0n) is 12.4. The third-order valence-corrected chi connectivity index (χ3v) is 3.73. The summed E-state index contributed by atoms with van der Waals surface area (Å²) in [7, 11) is 1.46. The van der Waals surface area contributed by atoms with Gasteiger partial charge in [-0.3, -0.25) is 9.59 Å². The van der Waals surface area contributed by atoms with Crippen molar-refractivity contribution in [3.05, 3.63) is 23.8 Å². The zero-order chi connectivity index (χ0) is 16.0. The molecule has 1 fully saturated rings. The van der Waals surface area contributed by atoms with Gasteiger partial charge >= 0.3 is 0 Å². The SMILES string of the molecule is COc1cc(C=O)ccc1OCC(=O)NC1(C#N)CCCC1. The first kappa shape index (κ1) is 15.8. The van der Waals surface area contributed by atoms with E-state index in [9.17, 15) is 14.9 Å². The molecule has 0 saturated heterocycles. The molecule has 1 aliphatic carbocycles. The molecule has 1 aromatic rings. The molecule has 116 valence electrons. The summed E-state index contributed by atoms with van der Waals surface area (Å²) in [6, 6.07) is 6.88. The van der Waals surface area contributed by atoms with Gasteiger partial charge in [-0.2, -0.15) is 5.26 Å². The first-order chi connectivity index (χ1) is 10.6. The van der Waals surface area contributed by atoms with Crippen LogP contribution < -0.4 is 14.8 Å². The largest absolute Gasteiger partial charge is 0.493 e. The summed E-state index contributed by atoms with van der Waals surface area (Å²) < 4.78 is 10.6. The summed E-state index contributed by atoms with van der Waals surface area (Å²) in [5.74, 6) is 0.416. The number of amides is 1. The topological polar surface area (TPSA) is 88.4 Å². The molecular formula is C16H18N2O4. The maximum absolute atomic E-state index is 12.0. The van der Waals surface area contributed by atoms with Crippen LogP contribution in [0.5, 0.6) is 11.5 Å². The average Bonchev–Trinajstić information content (AvgIpc) is 3.01. The first-order valence-electron chi connectivity index (χ1n) is 7.11. The van der Waals surface area contributed by atoms with Crippen LogP contribution in [0.1, 0.15) is 36.0 Å².